The van der Waals surface area contributed by atoms with E-state index in [9.17, 15) is 0 Å². The van der Waals surface area contributed by atoms with Gasteiger partial charge in [-0.1, -0.05) is 6.07 Å². The van der Waals surface area contributed by atoms with E-state index in [1.165, 1.54) is 0 Å². The highest BCUT2D eigenvalue weighted by Gasteiger charge is 1.98. The molecule has 0 heterocycles. The van der Waals surface area contributed by atoms with Crippen molar-refractivity contribution >= 4 is 5.69 Å². The zero-order valence-electron chi connectivity index (χ0n) is 9.52. The number of hydrogen-bond donors (Lipinski definition) is 1. The summed E-state index contributed by atoms with van der Waals surface area (Å²) in [4.78, 5) is 2.06. The monoisotopic (exact) mass is 219 g/mol. The highest BCUT2D eigenvalue weighted by molar-refractivity contribution is 5.43. The van der Waals surface area contributed by atoms with Gasteiger partial charge in [-0.05, 0) is 19.2 Å². The number of hydrogen-bond acceptors (Lipinski definition) is 4. The lowest BCUT2D eigenvalue weighted by Gasteiger charge is -2.15. The number of ether oxygens (including phenoxy) is 1. The number of nitriles is 1. The van der Waals surface area contributed by atoms with Gasteiger partial charge in [-0.25, -0.2) is 0 Å². The van der Waals surface area contributed by atoms with Crippen LogP contribution in [0, 0.1) is 11.3 Å². The van der Waals surface area contributed by atoms with Crippen LogP contribution in [0.5, 0.6) is 5.75 Å². The van der Waals surface area contributed by atoms with Crippen molar-refractivity contribution in [2.24, 2.45) is 0 Å². The molecule has 0 aliphatic carbocycles. The van der Waals surface area contributed by atoms with Crippen LogP contribution in [0.3, 0.4) is 0 Å². The Bertz CT molecular complexity index is 360. The van der Waals surface area contributed by atoms with Crippen LogP contribution in [0.15, 0.2) is 24.3 Å². The van der Waals surface area contributed by atoms with E-state index in [-0.39, 0.29) is 0 Å². The molecule has 0 saturated carbocycles. The van der Waals surface area contributed by atoms with E-state index in [2.05, 4.69) is 11.0 Å². The average Bonchev–Trinajstić information content (AvgIpc) is 2.26. The first kappa shape index (κ1) is 12.3. The molecule has 0 fully saturated rings. The highest BCUT2D eigenvalue weighted by atomic mass is 16.5. The molecule has 0 saturated heterocycles. The van der Waals surface area contributed by atoms with Crippen LogP contribution in [0.25, 0.3) is 0 Å². The molecule has 86 valence electrons. The fraction of sp³-hybridized carbons (Fsp3) is 0.417. The molecule has 0 aliphatic heterocycles. The van der Waals surface area contributed by atoms with Gasteiger partial charge in [0.1, 0.15) is 12.4 Å². The molecule has 0 unspecified atom stereocenters. The van der Waals surface area contributed by atoms with Crippen molar-refractivity contribution in [2.45, 2.75) is 6.42 Å². The van der Waals surface area contributed by atoms with Crippen molar-refractivity contribution in [3.05, 3.63) is 24.3 Å². The molecule has 1 aromatic rings. The molecule has 4 heteroatoms. The lowest BCUT2D eigenvalue weighted by atomic mass is 10.3. The third-order valence-corrected chi connectivity index (χ3v) is 2.21. The molecule has 2 N–H and O–H groups in total. The second-order valence-corrected chi connectivity index (χ2v) is 3.63. The van der Waals surface area contributed by atoms with Gasteiger partial charge >= 0.3 is 0 Å². The van der Waals surface area contributed by atoms with Crippen LogP contribution in [0.1, 0.15) is 6.42 Å². The third-order valence-electron chi connectivity index (χ3n) is 2.21. The normalized spacial score (nSPS) is 10.1. The molecule has 0 amide bonds. The number of nitrogen functional groups attached to an aromatic ring is 1. The summed E-state index contributed by atoms with van der Waals surface area (Å²) < 4.78 is 5.53. The van der Waals surface area contributed by atoms with Gasteiger partial charge in [0.05, 0.1) is 6.07 Å². The van der Waals surface area contributed by atoms with Gasteiger partial charge in [-0.15, -0.1) is 0 Å². The molecular formula is C12H17N3O. The number of anilines is 1. The molecule has 0 aromatic heterocycles. The van der Waals surface area contributed by atoms with Crippen molar-refractivity contribution < 1.29 is 4.74 Å². The van der Waals surface area contributed by atoms with Crippen LogP contribution >= 0.6 is 0 Å². The molecular weight excluding hydrogens is 202 g/mol. The Hall–Kier alpha value is -1.73. The van der Waals surface area contributed by atoms with Gasteiger partial charge in [0.2, 0.25) is 0 Å². The molecule has 4 nitrogen and oxygen atoms in total. The van der Waals surface area contributed by atoms with Crippen molar-refractivity contribution in [3.63, 3.8) is 0 Å². The Morgan fingerprint density at radius 3 is 2.94 bits per heavy atom. The summed E-state index contributed by atoms with van der Waals surface area (Å²) in [5, 5.41) is 8.43. The molecule has 1 rings (SSSR count). The molecule has 0 atom stereocenters. The van der Waals surface area contributed by atoms with Gasteiger partial charge in [0, 0.05) is 31.3 Å². The van der Waals surface area contributed by atoms with Crippen molar-refractivity contribution in [1.29, 1.82) is 5.26 Å². The zero-order valence-corrected chi connectivity index (χ0v) is 9.52. The summed E-state index contributed by atoms with van der Waals surface area (Å²) >= 11 is 0. The number of nitrogens with two attached hydrogens (primary N) is 1. The topological polar surface area (TPSA) is 62.3 Å². The van der Waals surface area contributed by atoms with Gasteiger partial charge < -0.3 is 15.4 Å². The van der Waals surface area contributed by atoms with Crippen LogP contribution < -0.4 is 10.5 Å². The SMILES string of the molecule is CN(CCC#N)CCOc1cccc(N)c1. The summed E-state index contributed by atoms with van der Waals surface area (Å²) in [7, 11) is 1.97. The predicted octanol–water partition coefficient (Wildman–Crippen LogP) is 1.49. The standard InChI is InChI=1S/C12H17N3O/c1-15(7-3-6-13)8-9-16-12-5-2-4-11(14)10-12/h2,4-5,10H,3,7-9,14H2,1H3. The first-order valence-electron chi connectivity index (χ1n) is 5.26. The largest absolute Gasteiger partial charge is 0.492 e. The van der Waals surface area contributed by atoms with Crippen LogP contribution in [0.2, 0.25) is 0 Å². The second-order valence-electron chi connectivity index (χ2n) is 3.63. The van der Waals surface area contributed by atoms with E-state index < -0.39 is 0 Å². The molecule has 16 heavy (non-hydrogen) atoms. The van der Waals surface area contributed by atoms with Crippen LogP contribution in [0.4, 0.5) is 5.69 Å². The van der Waals surface area contributed by atoms with E-state index >= 15 is 0 Å². The van der Waals surface area contributed by atoms with E-state index in [4.69, 9.17) is 15.7 Å². The summed E-state index contributed by atoms with van der Waals surface area (Å²) in [6.45, 7) is 2.18. The van der Waals surface area contributed by atoms with Crippen LogP contribution in [-0.2, 0) is 0 Å². The first-order chi connectivity index (χ1) is 7.72. The van der Waals surface area contributed by atoms with Crippen molar-refractivity contribution in [2.75, 3.05) is 32.5 Å². The molecule has 1 aromatic carbocycles. The zero-order chi connectivity index (χ0) is 11.8. The minimum absolute atomic E-state index is 0.550. The van der Waals surface area contributed by atoms with E-state index in [1.807, 2.05) is 25.2 Å². The quantitative estimate of drug-likeness (QED) is 0.736. The second kappa shape index (κ2) is 6.70. The van der Waals surface area contributed by atoms with Crippen LogP contribution in [-0.4, -0.2) is 31.6 Å². The van der Waals surface area contributed by atoms with E-state index in [0.717, 1.165) is 18.8 Å². The lowest BCUT2D eigenvalue weighted by molar-refractivity contribution is 0.240. The number of likely N-dealkylation sites (N-methyl/N-ethyl adjacent to an activating group) is 1. The van der Waals surface area contributed by atoms with Gasteiger partial charge in [0.15, 0.2) is 0 Å². The Morgan fingerprint density at radius 2 is 2.25 bits per heavy atom. The molecule has 0 radical (unpaired) electrons. The fourth-order valence-electron chi connectivity index (χ4n) is 1.28. The minimum atomic E-state index is 0.550. The van der Waals surface area contributed by atoms with Crippen molar-refractivity contribution in [3.8, 4) is 11.8 Å². The van der Waals surface area contributed by atoms with Gasteiger partial charge in [-0.2, -0.15) is 5.26 Å². The Labute approximate surface area is 96.2 Å². The summed E-state index contributed by atoms with van der Waals surface area (Å²) in [5.41, 5.74) is 6.33. The van der Waals surface area contributed by atoms with E-state index in [0.29, 0.717) is 18.7 Å². The van der Waals surface area contributed by atoms with Gasteiger partial charge in [-0.3, -0.25) is 0 Å². The number of rotatable bonds is 6. The third kappa shape index (κ3) is 4.67. The van der Waals surface area contributed by atoms with Gasteiger partial charge in [0.25, 0.3) is 0 Å². The number of benzene rings is 1. The maximum atomic E-state index is 8.43. The lowest BCUT2D eigenvalue weighted by Crippen LogP contribution is -2.25. The molecule has 0 aliphatic rings. The molecule has 0 spiro atoms. The van der Waals surface area contributed by atoms with Crippen molar-refractivity contribution in [1.82, 2.24) is 4.90 Å². The predicted molar refractivity (Wildman–Crippen MR) is 64.1 cm³/mol. The first-order valence-corrected chi connectivity index (χ1v) is 5.26. The average molecular weight is 219 g/mol. The minimum Gasteiger partial charge on any atom is -0.492 e. The maximum Gasteiger partial charge on any atom is 0.121 e. The highest BCUT2D eigenvalue weighted by Crippen LogP contribution is 2.14. The summed E-state index contributed by atoms with van der Waals surface area (Å²) in [5.74, 6) is 0.786. The smallest absolute Gasteiger partial charge is 0.121 e. The number of nitrogens with zero attached hydrogens (tertiary/aromatic N) is 2. The Morgan fingerprint density at radius 1 is 1.44 bits per heavy atom. The Kier molecular flexibility index (Phi) is 5.17. The Balaban J connectivity index is 2.23. The van der Waals surface area contributed by atoms with E-state index in [1.54, 1.807) is 6.07 Å². The molecule has 0 bridgehead atoms. The summed E-state index contributed by atoms with van der Waals surface area (Å²) in [6.07, 6.45) is 0.550. The summed E-state index contributed by atoms with van der Waals surface area (Å²) in [6, 6.07) is 9.49. The fourth-order valence-corrected chi connectivity index (χ4v) is 1.28. The maximum absolute atomic E-state index is 8.43.